The molecular formula is C39H62N2O8. The van der Waals surface area contributed by atoms with Crippen molar-refractivity contribution in [2.75, 3.05) is 32.9 Å². The lowest BCUT2D eigenvalue weighted by Crippen LogP contribution is -2.70. The number of nitrogens with zero attached hydrogens (tertiary/aromatic N) is 1. The number of carbonyl (C=O) groups is 2. The summed E-state index contributed by atoms with van der Waals surface area (Å²) >= 11 is 0. The summed E-state index contributed by atoms with van der Waals surface area (Å²) in [4.78, 5) is 29.5. The Labute approximate surface area is 292 Å². The summed E-state index contributed by atoms with van der Waals surface area (Å²) in [6.45, 7) is 20.5. The van der Waals surface area contributed by atoms with Crippen molar-refractivity contribution >= 4 is 11.8 Å². The summed E-state index contributed by atoms with van der Waals surface area (Å²) in [6.07, 6.45) is 5.57. The number of morpholine rings is 1. The molecule has 0 aromatic rings. The lowest BCUT2D eigenvalue weighted by atomic mass is 9.39. The van der Waals surface area contributed by atoms with Crippen LogP contribution in [0.3, 0.4) is 0 Å². The van der Waals surface area contributed by atoms with Gasteiger partial charge in [-0.2, -0.15) is 0 Å². The summed E-state index contributed by atoms with van der Waals surface area (Å²) in [5, 5.41) is 11.0. The number of hydrogen-bond donors (Lipinski definition) is 2. The van der Waals surface area contributed by atoms with Crippen LogP contribution in [0.1, 0.15) is 107 Å². The van der Waals surface area contributed by atoms with Gasteiger partial charge < -0.3 is 34.5 Å². The Kier molecular flexibility index (Phi) is 7.81. The minimum absolute atomic E-state index is 0.0106. The molecule has 3 saturated heterocycles. The molecule has 5 saturated carbocycles. The lowest BCUT2D eigenvalue weighted by Gasteiger charge is -2.66. The first-order valence-electron chi connectivity index (χ1n) is 19.3. The van der Waals surface area contributed by atoms with Gasteiger partial charge in [0.05, 0.1) is 55.8 Å². The van der Waals surface area contributed by atoms with Gasteiger partial charge in [0.25, 0.3) is 0 Å². The van der Waals surface area contributed by atoms with Crippen LogP contribution < -0.4 is 5.73 Å². The van der Waals surface area contributed by atoms with Crippen LogP contribution in [0, 0.1) is 44.8 Å². The predicted octanol–water partition coefficient (Wildman–Crippen LogP) is 4.23. The molecule has 3 N–H and O–H groups in total. The number of carbonyl (C=O) groups excluding carboxylic acids is 2. The van der Waals surface area contributed by atoms with Crippen molar-refractivity contribution in [1.82, 2.24) is 4.90 Å². The Morgan fingerprint density at radius 1 is 1.10 bits per heavy atom. The normalized spacial score (nSPS) is 51.3. The number of fused-ring (bicyclic) bond motifs is 4. The fraction of sp³-hybridized carbons (Fsp3) is 0.949. The topological polar surface area (TPSA) is 130 Å². The molecule has 2 spiro atoms. The molecule has 13 atom stereocenters. The van der Waals surface area contributed by atoms with E-state index >= 15 is 0 Å². The van der Waals surface area contributed by atoms with Crippen LogP contribution in [0.15, 0.2) is 0 Å². The first-order valence-corrected chi connectivity index (χ1v) is 19.3. The monoisotopic (exact) mass is 686 g/mol. The number of aliphatic hydroxyl groups is 1. The molecule has 10 nitrogen and oxygen atoms in total. The molecule has 0 radical (unpaired) electrons. The zero-order chi connectivity index (χ0) is 35.2. The van der Waals surface area contributed by atoms with E-state index in [4.69, 9.17) is 29.4 Å². The zero-order valence-corrected chi connectivity index (χ0v) is 31.2. The van der Waals surface area contributed by atoms with Crippen molar-refractivity contribution in [3.05, 3.63) is 0 Å². The summed E-state index contributed by atoms with van der Waals surface area (Å²) in [7, 11) is 0. The van der Waals surface area contributed by atoms with E-state index in [1.807, 2.05) is 0 Å². The average Bonchev–Trinajstić information content (AvgIpc) is 3.63. The van der Waals surface area contributed by atoms with Gasteiger partial charge in [-0.3, -0.25) is 14.5 Å². The maximum absolute atomic E-state index is 15.0. The summed E-state index contributed by atoms with van der Waals surface area (Å²) in [5.41, 5.74) is 5.19. The van der Waals surface area contributed by atoms with E-state index < -0.39 is 35.4 Å². The number of rotatable bonds is 6. The van der Waals surface area contributed by atoms with E-state index in [2.05, 4.69) is 39.5 Å². The van der Waals surface area contributed by atoms with Crippen molar-refractivity contribution in [1.29, 1.82) is 0 Å². The molecule has 9 unspecified atom stereocenters. The Hall–Kier alpha value is -1.14. The van der Waals surface area contributed by atoms with E-state index in [9.17, 15) is 14.7 Å². The fourth-order valence-electron chi connectivity index (χ4n) is 14.0. The average molecular weight is 687 g/mol. The SMILES string of the molecule is CC(=O)OC(C1C[C@@H](C)[C@H]2[C@@H](O1)C(=O)[C@@]1(N)C3CCC4(C)C(C)(C)C(OC5CN(C6COC6)CCO5)CCC45CC35CCC21C)C(C)(C)O. The minimum atomic E-state index is -1.32. The molecule has 0 bridgehead atoms. The number of hydrogen-bond acceptors (Lipinski definition) is 10. The Morgan fingerprint density at radius 3 is 2.49 bits per heavy atom. The smallest absolute Gasteiger partial charge is 0.303 e. The Morgan fingerprint density at radius 2 is 1.84 bits per heavy atom. The van der Waals surface area contributed by atoms with Crippen LogP contribution in [-0.4, -0.2) is 103 Å². The Bertz CT molecular complexity index is 1380. The van der Waals surface area contributed by atoms with Crippen LogP contribution in [0.25, 0.3) is 0 Å². The van der Waals surface area contributed by atoms with Crippen molar-refractivity contribution in [2.24, 2.45) is 50.6 Å². The highest BCUT2D eigenvalue weighted by Gasteiger charge is 2.88. The van der Waals surface area contributed by atoms with Gasteiger partial charge in [0.15, 0.2) is 18.2 Å². The van der Waals surface area contributed by atoms with E-state index in [1.54, 1.807) is 13.8 Å². The second-order valence-electron chi connectivity index (χ2n) is 19.4. The van der Waals surface area contributed by atoms with Crippen LogP contribution in [0.4, 0.5) is 0 Å². The number of nitrogens with two attached hydrogens (primary N) is 1. The molecule has 8 aliphatic rings. The highest BCUT2D eigenvalue weighted by molar-refractivity contribution is 5.97. The standard InChI is InChI=1S/C39H62N2O8/c1-22-17-25(32(34(5,6)44)47-23(2)42)48-30-29(22)35(7)13-14-37-21-38(37)12-10-27(49-28-18-41(15-16-46-28)24-19-45-20-24)33(3,4)36(38,8)11-9-26(37)39(35,40)31(30)43/h22,24-30,32,44H,9-21,40H2,1-8H3/t22-,25?,26?,27?,28?,29+,30-,32?,35?,36?,37?,38?,39+/m1/s1. The van der Waals surface area contributed by atoms with Gasteiger partial charge in [0.2, 0.25) is 0 Å². The molecule has 49 heavy (non-hydrogen) atoms. The van der Waals surface area contributed by atoms with Crippen molar-refractivity contribution in [3.8, 4) is 0 Å². The van der Waals surface area contributed by atoms with Gasteiger partial charge in [0, 0.05) is 19.4 Å². The summed E-state index contributed by atoms with van der Waals surface area (Å²) < 4.78 is 31.0. The fourth-order valence-corrected chi connectivity index (χ4v) is 14.0. The molecule has 8 rings (SSSR count). The molecule has 276 valence electrons. The van der Waals surface area contributed by atoms with E-state index in [1.165, 1.54) is 6.92 Å². The minimum Gasteiger partial charge on any atom is -0.457 e. The van der Waals surface area contributed by atoms with E-state index in [-0.39, 0.29) is 63.0 Å². The maximum Gasteiger partial charge on any atom is 0.303 e. The molecular weight excluding hydrogens is 624 g/mol. The first kappa shape index (κ1) is 34.9. The van der Waals surface area contributed by atoms with E-state index in [0.29, 0.717) is 19.1 Å². The second-order valence-corrected chi connectivity index (χ2v) is 19.4. The third-order valence-electron chi connectivity index (χ3n) is 16.9. The molecule has 5 aliphatic carbocycles. The molecule has 3 heterocycles. The summed E-state index contributed by atoms with van der Waals surface area (Å²) in [5.74, 6) is -0.212. The Balaban J connectivity index is 1.05. The highest BCUT2D eigenvalue weighted by Crippen LogP contribution is 2.90. The van der Waals surface area contributed by atoms with Crippen molar-refractivity contribution < 1.29 is 38.4 Å². The summed E-state index contributed by atoms with van der Waals surface area (Å²) in [6, 6.07) is 0.482. The van der Waals surface area contributed by atoms with E-state index in [0.717, 1.165) is 71.2 Å². The van der Waals surface area contributed by atoms with Crippen LogP contribution in [0.5, 0.6) is 0 Å². The molecule has 0 aromatic heterocycles. The molecule has 3 aliphatic heterocycles. The van der Waals surface area contributed by atoms with Crippen LogP contribution in [-0.2, 0) is 33.3 Å². The third-order valence-corrected chi connectivity index (χ3v) is 16.9. The maximum atomic E-state index is 15.0. The van der Waals surface area contributed by atoms with Gasteiger partial charge in [-0.15, -0.1) is 0 Å². The van der Waals surface area contributed by atoms with Crippen molar-refractivity contribution in [3.63, 3.8) is 0 Å². The van der Waals surface area contributed by atoms with Gasteiger partial charge in [-0.25, -0.2) is 0 Å². The highest BCUT2D eigenvalue weighted by atomic mass is 16.7. The predicted molar refractivity (Wildman–Crippen MR) is 181 cm³/mol. The van der Waals surface area contributed by atoms with Gasteiger partial charge in [0.1, 0.15) is 6.10 Å². The van der Waals surface area contributed by atoms with Crippen LogP contribution in [0.2, 0.25) is 0 Å². The van der Waals surface area contributed by atoms with Gasteiger partial charge in [-0.05, 0) is 104 Å². The number of ketones is 1. The second kappa shape index (κ2) is 11.0. The molecule has 0 aromatic carbocycles. The van der Waals surface area contributed by atoms with Crippen molar-refractivity contribution in [2.45, 2.75) is 155 Å². The largest absolute Gasteiger partial charge is 0.457 e. The number of esters is 1. The number of Topliss-reactive ketones (excluding diaryl/α,β-unsaturated/α-hetero) is 1. The molecule has 8 fully saturated rings. The first-order chi connectivity index (χ1) is 22.9. The van der Waals surface area contributed by atoms with Gasteiger partial charge >= 0.3 is 5.97 Å². The number of ether oxygens (including phenoxy) is 5. The van der Waals surface area contributed by atoms with Gasteiger partial charge in [-0.1, -0.05) is 34.6 Å². The zero-order valence-electron chi connectivity index (χ0n) is 31.2. The molecule has 10 heteroatoms. The quantitative estimate of drug-likeness (QED) is 0.392. The third kappa shape index (κ3) is 4.43. The molecule has 0 amide bonds. The lowest BCUT2D eigenvalue weighted by molar-refractivity contribution is -0.269. The van der Waals surface area contributed by atoms with Crippen LogP contribution >= 0.6 is 0 Å².